The molecule has 0 fully saturated rings. The van der Waals surface area contributed by atoms with Crippen molar-refractivity contribution in [2.75, 3.05) is 7.05 Å². The summed E-state index contributed by atoms with van der Waals surface area (Å²) >= 11 is 3.38. The molecular weight excluding hydrogens is 244 g/mol. The lowest BCUT2D eigenvalue weighted by molar-refractivity contribution is 0.375. The Kier molecular flexibility index (Phi) is 2.20. The van der Waals surface area contributed by atoms with Gasteiger partial charge in [-0.25, -0.2) is 4.99 Å². The Balaban J connectivity index is 2.57. The Morgan fingerprint density at radius 3 is 2.93 bits per heavy atom. The van der Waals surface area contributed by atoms with Gasteiger partial charge in [0.2, 0.25) is 0 Å². The normalized spacial score (nSPS) is 20.4. The Hall–Kier alpha value is -1.07. The first kappa shape index (κ1) is 9.48. The fourth-order valence-corrected chi connectivity index (χ4v) is 1.77. The number of rotatable bonds is 0. The van der Waals surface area contributed by atoms with E-state index in [0.717, 1.165) is 15.7 Å². The van der Waals surface area contributed by atoms with E-state index in [9.17, 15) is 0 Å². The Morgan fingerprint density at radius 1 is 1.50 bits per heavy atom. The van der Waals surface area contributed by atoms with Crippen molar-refractivity contribution in [3.8, 4) is 0 Å². The van der Waals surface area contributed by atoms with Crippen LogP contribution in [0.15, 0.2) is 27.7 Å². The minimum Gasteiger partial charge on any atom is -0.369 e. The third-order valence-electron chi connectivity index (χ3n) is 2.32. The van der Waals surface area contributed by atoms with Crippen LogP contribution < -0.4 is 11.5 Å². The molecule has 74 valence electrons. The molecule has 0 spiro atoms. The Bertz CT molecular complexity index is 402. The maximum absolute atomic E-state index is 5.98. The van der Waals surface area contributed by atoms with Gasteiger partial charge in [0.15, 0.2) is 5.96 Å². The number of aliphatic imine (C=N–C) groups is 1. The highest BCUT2D eigenvalue weighted by atomic mass is 79.9. The molecule has 1 unspecified atom stereocenters. The van der Waals surface area contributed by atoms with Crippen molar-refractivity contribution in [3.63, 3.8) is 0 Å². The van der Waals surface area contributed by atoms with E-state index in [2.05, 4.69) is 20.9 Å². The van der Waals surface area contributed by atoms with Gasteiger partial charge in [-0.2, -0.15) is 0 Å². The fourth-order valence-electron chi connectivity index (χ4n) is 1.42. The number of nitrogens with zero attached hydrogens (tertiary/aromatic N) is 2. The molecule has 1 aromatic carbocycles. The molecule has 1 aliphatic rings. The summed E-state index contributed by atoms with van der Waals surface area (Å²) in [6.45, 7) is 0. The molecule has 0 aromatic heterocycles. The third kappa shape index (κ3) is 1.38. The molecule has 0 saturated carbocycles. The van der Waals surface area contributed by atoms with Gasteiger partial charge in [0.25, 0.3) is 0 Å². The molecule has 1 heterocycles. The first-order valence-electron chi connectivity index (χ1n) is 4.21. The zero-order valence-corrected chi connectivity index (χ0v) is 9.32. The number of halogens is 1. The molecule has 0 bridgehead atoms. The van der Waals surface area contributed by atoms with Crippen LogP contribution in [0.4, 0.5) is 5.69 Å². The Morgan fingerprint density at radius 2 is 2.21 bits per heavy atom. The fraction of sp³-hybridized carbons (Fsp3) is 0.222. The Labute approximate surface area is 90.7 Å². The van der Waals surface area contributed by atoms with Crippen LogP contribution in [0.2, 0.25) is 0 Å². The average molecular weight is 255 g/mol. The molecule has 0 saturated heterocycles. The highest BCUT2D eigenvalue weighted by molar-refractivity contribution is 9.10. The first-order valence-corrected chi connectivity index (χ1v) is 5.01. The smallest absolute Gasteiger partial charge is 0.197 e. The van der Waals surface area contributed by atoms with E-state index >= 15 is 0 Å². The molecule has 1 atom stereocenters. The molecule has 1 aromatic rings. The number of nitrogens with two attached hydrogens (primary N) is 2. The molecule has 4 nitrogen and oxygen atoms in total. The van der Waals surface area contributed by atoms with Crippen molar-refractivity contribution < 1.29 is 0 Å². The van der Waals surface area contributed by atoms with Crippen molar-refractivity contribution in [3.05, 3.63) is 28.2 Å². The predicted octanol–water partition coefficient (Wildman–Crippen LogP) is 1.30. The van der Waals surface area contributed by atoms with Gasteiger partial charge in [-0.3, -0.25) is 0 Å². The highest BCUT2D eigenvalue weighted by Gasteiger charge is 2.22. The van der Waals surface area contributed by atoms with Gasteiger partial charge in [0.05, 0.1) is 5.69 Å². The van der Waals surface area contributed by atoms with E-state index in [1.807, 2.05) is 25.2 Å². The third-order valence-corrected chi connectivity index (χ3v) is 2.82. The van der Waals surface area contributed by atoms with E-state index in [1.54, 1.807) is 4.90 Å². The van der Waals surface area contributed by atoms with Crippen molar-refractivity contribution in [1.29, 1.82) is 0 Å². The number of fused-ring (bicyclic) bond motifs is 1. The lowest BCUT2D eigenvalue weighted by atomic mass is 10.1. The van der Waals surface area contributed by atoms with Crippen molar-refractivity contribution in [2.24, 2.45) is 16.5 Å². The van der Waals surface area contributed by atoms with E-state index in [0.29, 0.717) is 5.96 Å². The van der Waals surface area contributed by atoms with Crippen molar-refractivity contribution >= 4 is 27.6 Å². The molecule has 14 heavy (non-hydrogen) atoms. The molecule has 1 aliphatic heterocycles. The van der Waals surface area contributed by atoms with Crippen LogP contribution in [0, 0.1) is 0 Å². The van der Waals surface area contributed by atoms with Crippen LogP contribution >= 0.6 is 15.9 Å². The summed E-state index contributed by atoms with van der Waals surface area (Å²) in [6.07, 6.45) is -0.212. The number of guanidine groups is 1. The summed E-state index contributed by atoms with van der Waals surface area (Å²) in [5.74, 6) is 0.447. The predicted molar refractivity (Wildman–Crippen MR) is 60.1 cm³/mol. The highest BCUT2D eigenvalue weighted by Crippen LogP contribution is 2.32. The van der Waals surface area contributed by atoms with Crippen LogP contribution in [-0.4, -0.2) is 17.9 Å². The molecular formula is C9H11BrN4. The van der Waals surface area contributed by atoms with Crippen molar-refractivity contribution in [1.82, 2.24) is 4.90 Å². The topological polar surface area (TPSA) is 67.6 Å². The van der Waals surface area contributed by atoms with Crippen LogP contribution in [0.1, 0.15) is 11.7 Å². The maximum atomic E-state index is 5.98. The summed E-state index contributed by atoms with van der Waals surface area (Å²) in [5.41, 5.74) is 13.5. The van der Waals surface area contributed by atoms with Gasteiger partial charge < -0.3 is 16.4 Å². The minimum absolute atomic E-state index is 0.212. The molecule has 0 radical (unpaired) electrons. The van der Waals surface area contributed by atoms with E-state index < -0.39 is 0 Å². The summed E-state index contributed by atoms with van der Waals surface area (Å²) in [6, 6.07) is 5.81. The van der Waals surface area contributed by atoms with Gasteiger partial charge in [0, 0.05) is 17.1 Å². The molecule has 0 aliphatic carbocycles. The maximum Gasteiger partial charge on any atom is 0.197 e. The summed E-state index contributed by atoms with van der Waals surface area (Å²) < 4.78 is 0.976. The van der Waals surface area contributed by atoms with Gasteiger partial charge in [-0.1, -0.05) is 22.0 Å². The standard InChI is InChI=1S/C9H11BrN4/c1-14-8(11)6-3-2-5(10)4-7(6)13-9(14)12/h2-4,8H,11H2,1H3,(H2,12,13). The minimum atomic E-state index is -0.212. The molecule has 4 N–H and O–H groups in total. The zero-order valence-electron chi connectivity index (χ0n) is 7.74. The quantitative estimate of drug-likeness (QED) is 0.734. The second-order valence-corrected chi connectivity index (χ2v) is 4.14. The van der Waals surface area contributed by atoms with Crippen LogP contribution in [0.25, 0.3) is 0 Å². The summed E-state index contributed by atoms with van der Waals surface area (Å²) in [4.78, 5) is 5.99. The number of hydrogen-bond donors (Lipinski definition) is 2. The van der Waals surface area contributed by atoms with Gasteiger partial charge in [0.1, 0.15) is 6.17 Å². The van der Waals surface area contributed by atoms with E-state index in [1.165, 1.54) is 0 Å². The monoisotopic (exact) mass is 254 g/mol. The molecule has 0 amide bonds. The van der Waals surface area contributed by atoms with E-state index in [4.69, 9.17) is 11.5 Å². The van der Waals surface area contributed by atoms with Crippen molar-refractivity contribution in [2.45, 2.75) is 6.17 Å². The van der Waals surface area contributed by atoms with Crippen LogP contribution in [0.3, 0.4) is 0 Å². The van der Waals surface area contributed by atoms with Crippen LogP contribution in [-0.2, 0) is 0 Å². The summed E-state index contributed by atoms with van der Waals surface area (Å²) in [5, 5.41) is 0. The second-order valence-electron chi connectivity index (χ2n) is 3.23. The van der Waals surface area contributed by atoms with Gasteiger partial charge in [-0.05, 0) is 12.1 Å². The second kappa shape index (κ2) is 3.25. The van der Waals surface area contributed by atoms with E-state index in [-0.39, 0.29) is 6.17 Å². The van der Waals surface area contributed by atoms with Gasteiger partial charge >= 0.3 is 0 Å². The van der Waals surface area contributed by atoms with Crippen LogP contribution in [0.5, 0.6) is 0 Å². The summed E-state index contributed by atoms with van der Waals surface area (Å²) in [7, 11) is 1.83. The molecule has 5 heteroatoms. The largest absolute Gasteiger partial charge is 0.369 e. The number of benzene rings is 1. The molecule has 2 rings (SSSR count). The zero-order chi connectivity index (χ0) is 10.3. The SMILES string of the molecule is CN1C(N)=Nc2cc(Br)ccc2C1N. The average Bonchev–Trinajstić information content (AvgIpc) is 2.14. The first-order chi connectivity index (χ1) is 6.59. The lowest BCUT2D eigenvalue weighted by Gasteiger charge is -2.30. The lowest BCUT2D eigenvalue weighted by Crippen LogP contribution is -2.42. The van der Waals surface area contributed by atoms with Gasteiger partial charge in [-0.15, -0.1) is 0 Å². The number of hydrogen-bond acceptors (Lipinski definition) is 4.